The quantitative estimate of drug-likeness (QED) is 0.471. The van der Waals surface area contributed by atoms with Crippen LogP contribution in [0.4, 0.5) is 0 Å². The molecule has 1 saturated carbocycles. The molecule has 0 heterocycles. The summed E-state index contributed by atoms with van der Waals surface area (Å²) in [4.78, 5) is 10.2. The molecule has 3 atom stereocenters. The summed E-state index contributed by atoms with van der Waals surface area (Å²) in [6.07, 6.45) is 3.90. The van der Waals surface area contributed by atoms with Gasteiger partial charge in [0.05, 0.1) is 5.38 Å². The topological polar surface area (TPSA) is 17.1 Å². The average Bonchev–Trinajstić information content (AvgIpc) is 2.34. The molecule has 3 unspecified atom stereocenters. The highest BCUT2D eigenvalue weighted by atomic mass is 35.5. The Hall–Kier alpha value is 0.250. The Morgan fingerprint density at radius 2 is 2.20 bits per heavy atom. The van der Waals surface area contributed by atoms with Gasteiger partial charge in [0.15, 0.2) is 0 Å². The standard InChI is InChI=1S/C7H10Cl2O/c8-6-3-1-2-5(6)7(9)4-10/h4-7H,1-3H2. The van der Waals surface area contributed by atoms with Crippen LogP contribution >= 0.6 is 23.2 Å². The van der Waals surface area contributed by atoms with Crippen molar-refractivity contribution in [3.8, 4) is 0 Å². The predicted molar refractivity (Wildman–Crippen MR) is 42.7 cm³/mol. The highest BCUT2D eigenvalue weighted by Gasteiger charge is 2.30. The van der Waals surface area contributed by atoms with Gasteiger partial charge in [-0.05, 0) is 18.8 Å². The maximum absolute atomic E-state index is 10.2. The fourth-order valence-corrected chi connectivity index (χ4v) is 2.22. The van der Waals surface area contributed by atoms with E-state index >= 15 is 0 Å². The summed E-state index contributed by atoms with van der Waals surface area (Å²) >= 11 is 11.6. The Morgan fingerprint density at radius 1 is 1.50 bits per heavy atom. The summed E-state index contributed by atoms with van der Waals surface area (Å²) in [5.74, 6) is 0.209. The molecule has 0 saturated heterocycles. The fraction of sp³-hybridized carbons (Fsp3) is 0.857. The van der Waals surface area contributed by atoms with Gasteiger partial charge in [-0.2, -0.15) is 0 Å². The van der Waals surface area contributed by atoms with E-state index in [1.807, 2.05) is 0 Å². The first kappa shape index (κ1) is 8.35. The first-order chi connectivity index (χ1) is 4.75. The molecule has 0 spiro atoms. The largest absolute Gasteiger partial charge is 0.302 e. The Balaban J connectivity index is 2.46. The second-order valence-corrected chi connectivity index (χ2v) is 3.76. The molecule has 0 N–H and O–H groups in total. The molecule has 1 aliphatic rings. The first-order valence-electron chi connectivity index (χ1n) is 3.49. The number of hydrogen-bond acceptors (Lipinski definition) is 1. The van der Waals surface area contributed by atoms with Crippen LogP contribution in [0, 0.1) is 5.92 Å². The molecule has 0 amide bonds. The number of halogens is 2. The van der Waals surface area contributed by atoms with Crippen molar-refractivity contribution in [2.24, 2.45) is 5.92 Å². The molecule has 1 fully saturated rings. The van der Waals surface area contributed by atoms with Crippen molar-refractivity contribution in [2.75, 3.05) is 0 Å². The predicted octanol–water partition coefficient (Wildman–Crippen LogP) is 2.20. The number of aldehydes is 1. The number of hydrogen-bond donors (Lipinski definition) is 0. The van der Waals surface area contributed by atoms with Crippen molar-refractivity contribution >= 4 is 29.5 Å². The molecule has 0 aromatic carbocycles. The van der Waals surface area contributed by atoms with Crippen LogP contribution < -0.4 is 0 Å². The van der Waals surface area contributed by atoms with E-state index in [9.17, 15) is 4.79 Å². The van der Waals surface area contributed by atoms with Crippen molar-refractivity contribution in [2.45, 2.75) is 30.0 Å². The lowest BCUT2D eigenvalue weighted by Gasteiger charge is -2.13. The monoisotopic (exact) mass is 180 g/mol. The molecule has 0 aromatic rings. The molecule has 58 valence electrons. The number of carbonyl (C=O) groups is 1. The highest BCUT2D eigenvalue weighted by molar-refractivity contribution is 6.29. The Labute approximate surface area is 70.7 Å². The van der Waals surface area contributed by atoms with E-state index in [-0.39, 0.29) is 16.7 Å². The van der Waals surface area contributed by atoms with Crippen LogP contribution in [0.3, 0.4) is 0 Å². The van der Waals surface area contributed by atoms with Crippen molar-refractivity contribution < 1.29 is 4.79 Å². The maximum Gasteiger partial charge on any atom is 0.138 e. The highest BCUT2D eigenvalue weighted by Crippen LogP contribution is 2.33. The van der Waals surface area contributed by atoms with E-state index in [0.717, 1.165) is 25.5 Å². The number of alkyl halides is 2. The lowest BCUT2D eigenvalue weighted by molar-refractivity contribution is -0.108. The van der Waals surface area contributed by atoms with Gasteiger partial charge in [-0.3, -0.25) is 0 Å². The van der Waals surface area contributed by atoms with Gasteiger partial charge in [0.2, 0.25) is 0 Å². The van der Waals surface area contributed by atoms with E-state index in [2.05, 4.69) is 0 Å². The first-order valence-corrected chi connectivity index (χ1v) is 4.36. The molecule has 0 aliphatic heterocycles. The summed E-state index contributed by atoms with van der Waals surface area (Å²) in [6.45, 7) is 0. The van der Waals surface area contributed by atoms with Gasteiger partial charge >= 0.3 is 0 Å². The molecular weight excluding hydrogens is 171 g/mol. The van der Waals surface area contributed by atoms with Crippen LogP contribution in [-0.2, 0) is 4.79 Å². The zero-order valence-electron chi connectivity index (χ0n) is 5.59. The van der Waals surface area contributed by atoms with E-state index in [4.69, 9.17) is 23.2 Å². The Kier molecular flexibility index (Phi) is 2.99. The summed E-state index contributed by atoms with van der Waals surface area (Å²) in [5, 5.41) is -0.252. The van der Waals surface area contributed by atoms with Gasteiger partial charge in [0.1, 0.15) is 6.29 Å². The molecular formula is C7H10Cl2O. The fourth-order valence-electron chi connectivity index (χ4n) is 1.40. The second-order valence-electron chi connectivity index (χ2n) is 2.69. The van der Waals surface area contributed by atoms with Gasteiger partial charge in [0, 0.05) is 5.38 Å². The van der Waals surface area contributed by atoms with Crippen LogP contribution in [-0.4, -0.2) is 17.0 Å². The Morgan fingerprint density at radius 3 is 2.60 bits per heavy atom. The lowest BCUT2D eigenvalue weighted by Crippen LogP contribution is -2.20. The normalized spacial score (nSPS) is 35.8. The maximum atomic E-state index is 10.2. The molecule has 1 rings (SSSR count). The van der Waals surface area contributed by atoms with Crippen molar-refractivity contribution in [1.29, 1.82) is 0 Å². The zero-order valence-corrected chi connectivity index (χ0v) is 7.11. The van der Waals surface area contributed by atoms with Crippen LogP contribution in [0.25, 0.3) is 0 Å². The molecule has 0 radical (unpaired) electrons. The van der Waals surface area contributed by atoms with Crippen LogP contribution in [0.5, 0.6) is 0 Å². The minimum Gasteiger partial charge on any atom is -0.302 e. The van der Waals surface area contributed by atoms with E-state index in [1.165, 1.54) is 0 Å². The second kappa shape index (κ2) is 3.59. The minimum atomic E-state index is -0.370. The zero-order chi connectivity index (χ0) is 7.56. The Bertz CT molecular complexity index is 127. The number of rotatable bonds is 2. The summed E-state index contributed by atoms with van der Waals surface area (Å²) in [6, 6.07) is 0. The summed E-state index contributed by atoms with van der Waals surface area (Å²) in [5.41, 5.74) is 0. The molecule has 0 bridgehead atoms. The van der Waals surface area contributed by atoms with Crippen molar-refractivity contribution in [1.82, 2.24) is 0 Å². The van der Waals surface area contributed by atoms with Gasteiger partial charge in [-0.15, -0.1) is 23.2 Å². The molecule has 1 nitrogen and oxygen atoms in total. The van der Waals surface area contributed by atoms with E-state index in [0.29, 0.717) is 0 Å². The van der Waals surface area contributed by atoms with Gasteiger partial charge in [-0.1, -0.05) is 6.42 Å². The summed E-state index contributed by atoms with van der Waals surface area (Å²) in [7, 11) is 0. The smallest absolute Gasteiger partial charge is 0.138 e. The third kappa shape index (κ3) is 1.64. The summed E-state index contributed by atoms with van der Waals surface area (Å²) < 4.78 is 0. The molecule has 10 heavy (non-hydrogen) atoms. The lowest BCUT2D eigenvalue weighted by atomic mass is 10.0. The van der Waals surface area contributed by atoms with Crippen LogP contribution in [0.15, 0.2) is 0 Å². The van der Waals surface area contributed by atoms with Crippen molar-refractivity contribution in [3.63, 3.8) is 0 Å². The molecule has 1 aliphatic carbocycles. The average molecular weight is 181 g/mol. The third-order valence-corrected chi connectivity index (χ3v) is 2.99. The van der Waals surface area contributed by atoms with E-state index < -0.39 is 0 Å². The van der Waals surface area contributed by atoms with Crippen LogP contribution in [0.1, 0.15) is 19.3 Å². The molecule has 0 aromatic heterocycles. The van der Waals surface area contributed by atoms with Gasteiger partial charge in [0.25, 0.3) is 0 Å². The van der Waals surface area contributed by atoms with E-state index in [1.54, 1.807) is 0 Å². The third-order valence-electron chi connectivity index (χ3n) is 2.02. The van der Waals surface area contributed by atoms with Crippen molar-refractivity contribution in [3.05, 3.63) is 0 Å². The van der Waals surface area contributed by atoms with Gasteiger partial charge < -0.3 is 4.79 Å². The van der Waals surface area contributed by atoms with Gasteiger partial charge in [-0.25, -0.2) is 0 Å². The SMILES string of the molecule is O=CC(Cl)C1CCCC1Cl. The minimum absolute atomic E-state index is 0.118. The molecule has 3 heteroatoms. The van der Waals surface area contributed by atoms with Crippen LogP contribution in [0.2, 0.25) is 0 Å². The number of carbonyl (C=O) groups excluding carboxylic acids is 1.